The van der Waals surface area contributed by atoms with E-state index in [2.05, 4.69) is 0 Å². The number of nitrogens with zero attached hydrogens (tertiary/aromatic N) is 2. The van der Waals surface area contributed by atoms with E-state index in [4.69, 9.17) is 0 Å². The van der Waals surface area contributed by atoms with Crippen LogP contribution in [0.15, 0.2) is 66.7 Å². The molecule has 0 unspecified atom stereocenters. The Hall–Kier alpha value is -3.47. The molecule has 0 aromatic heterocycles. The second kappa shape index (κ2) is 7.27. The summed E-state index contributed by atoms with van der Waals surface area (Å²) in [6, 6.07) is 20.3. The summed E-state index contributed by atoms with van der Waals surface area (Å²) in [6.07, 6.45) is 0.0817. The van der Waals surface area contributed by atoms with Crippen molar-refractivity contribution in [2.45, 2.75) is 13.3 Å². The lowest BCUT2D eigenvalue weighted by Crippen LogP contribution is -2.43. The minimum absolute atomic E-state index is 0.0601. The number of anilines is 1. The number of hydrogen-bond acceptors (Lipinski definition) is 3. The molecule has 0 saturated carbocycles. The minimum Gasteiger partial charge on any atom is -0.313 e. The lowest BCUT2D eigenvalue weighted by molar-refractivity contribution is -0.118. The molecular weight excluding hydrogens is 352 g/mol. The van der Waals surface area contributed by atoms with Crippen molar-refractivity contribution in [3.8, 4) is 0 Å². The van der Waals surface area contributed by atoms with Crippen LogP contribution in [0.5, 0.6) is 0 Å². The first-order valence-corrected chi connectivity index (χ1v) is 9.35. The van der Waals surface area contributed by atoms with Crippen LogP contribution in [-0.2, 0) is 4.79 Å². The summed E-state index contributed by atoms with van der Waals surface area (Å²) in [6.45, 7) is 2.48. The molecule has 0 saturated heterocycles. The number of imide groups is 1. The molecule has 3 aromatic carbocycles. The monoisotopic (exact) mass is 372 g/mol. The van der Waals surface area contributed by atoms with E-state index in [1.807, 2.05) is 61.5 Å². The number of hydrogen-bond donors (Lipinski definition) is 0. The highest BCUT2D eigenvalue weighted by molar-refractivity contribution is 6.25. The topological polar surface area (TPSA) is 57.7 Å². The summed E-state index contributed by atoms with van der Waals surface area (Å²) < 4.78 is 0. The summed E-state index contributed by atoms with van der Waals surface area (Å²) in [4.78, 5) is 41.4. The molecular formula is C23H20N2O3. The molecule has 3 amide bonds. The van der Waals surface area contributed by atoms with Gasteiger partial charge in [-0.1, -0.05) is 42.5 Å². The third-order valence-corrected chi connectivity index (χ3v) is 5.09. The van der Waals surface area contributed by atoms with Gasteiger partial charge in [-0.25, -0.2) is 0 Å². The third kappa shape index (κ3) is 2.95. The van der Waals surface area contributed by atoms with Crippen LogP contribution < -0.4 is 4.90 Å². The van der Waals surface area contributed by atoms with Crippen LogP contribution in [0.2, 0.25) is 0 Å². The maximum absolute atomic E-state index is 12.9. The normalized spacial score (nSPS) is 13.1. The highest BCUT2D eigenvalue weighted by Crippen LogP contribution is 2.30. The molecule has 4 rings (SSSR count). The highest BCUT2D eigenvalue weighted by atomic mass is 16.2. The number of rotatable bonds is 5. The zero-order valence-corrected chi connectivity index (χ0v) is 15.6. The van der Waals surface area contributed by atoms with E-state index in [0.717, 1.165) is 11.1 Å². The van der Waals surface area contributed by atoms with Crippen LogP contribution in [0.4, 0.5) is 5.69 Å². The van der Waals surface area contributed by atoms with E-state index >= 15 is 0 Å². The number of amides is 3. The zero-order chi connectivity index (χ0) is 19.7. The van der Waals surface area contributed by atoms with Crippen molar-refractivity contribution >= 4 is 34.2 Å². The molecule has 0 fully saturated rings. The predicted molar refractivity (Wildman–Crippen MR) is 108 cm³/mol. The summed E-state index contributed by atoms with van der Waals surface area (Å²) in [5.41, 5.74) is 1.83. The van der Waals surface area contributed by atoms with Crippen molar-refractivity contribution in [2.24, 2.45) is 0 Å². The van der Waals surface area contributed by atoms with Crippen molar-refractivity contribution in [2.75, 3.05) is 18.0 Å². The largest absolute Gasteiger partial charge is 0.313 e. The summed E-state index contributed by atoms with van der Waals surface area (Å²) in [5, 5.41) is 1.57. The Morgan fingerprint density at radius 2 is 1.46 bits per heavy atom. The van der Waals surface area contributed by atoms with Crippen molar-refractivity contribution < 1.29 is 14.4 Å². The number of benzene rings is 3. The molecule has 1 aliphatic rings. The molecule has 5 heteroatoms. The fourth-order valence-electron chi connectivity index (χ4n) is 3.74. The summed E-state index contributed by atoms with van der Waals surface area (Å²) >= 11 is 0. The molecule has 0 spiro atoms. The Bertz CT molecular complexity index is 1020. The van der Waals surface area contributed by atoms with Gasteiger partial charge in [0.2, 0.25) is 5.91 Å². The molecule has 0 radical (unpaired) electrons. The van der Waals surface area contributed by atoms with Crippen LogP contribution in [0.25, 0.3) is 10.8 Å². The average Bonchev–Trinajstić information content (AvgIpc) is 2.73. The van der Waals surface area contributed by atoms with Crippen LogP contribution in [0.1, 0.15) is 34.1 Å². The highest BCUT2D eigenvalue weighted by Gasteiger charge is 2.33. The van der Waals surface area contributed by atoms with Gasteiger partial charge >= 0.3 is 0 Å². The van der Waals surface area contributed by atoms with E-state index < -0.39 is 0 Å². The minimum atomic E-state index is -0.343. The first kappa shape index (κ1) is 17.9. The molecule has 3 aromatic rings. The Morgan fingerprint density at radius 1 is 0.857 bits per heavy atom. The predicted octanol–water partition coefficient (Wildman–Crippen LogP) is 3.88. The molecule has 28 heavy (non-hydrogen) atoms. The first-order chi connectivity index (χ1) is 13.6. The Kier molecular flexibility index (Phi) is 4.65. The van der Waals surface area contributed by atoms with Gasteiger partial charge in [0.1, 0.15) is 0 Å². The standard InChI is InChI=1S/C23H20N2O3/c1-2-24(17-10-4-3-5-11-17)20(26)14-15-25-22(27)18-12-6-8-16-9-7-13-19(21(16)18)23(25)28/h3-13H,2,14-15H2,1H3. The van der Waals surface area contributed by atoms with Gasteiger partial charge in [0.05, 0.1) is 0 Å². The van der Waals surface area contributed by atoms with Gasteiger partial charge in [-0.05, 0) is 36.6 Å². The number of carbonyl (C=O) groups excluding carboxylic acids is 3. The second-order valence-electron chi connectivity index (χ2n) is 6.69. The van der Waals surface area contributed by atoms with Gasteiger partial charge in [0, 0.05) is 41.7 Å². The summed E-state index contributed by atoms with van der Waals surface area (Å²) in [7, 11) is 0. The zero-order valence-electron chi connectivity index (χ0n) is 15.6. The fraction of sp³-hybridized carbons (Fsp3) is 0.174. The van der Waals surface area contributed by atoms with Gasteiger partial charge in [-0.2, -0.15) is 0 Å². The van der Waals surface area contributed by atoms with E-state index in [1.165, 1.54) is 4.90 Å². The molecule has 1 heterocycles. The fourth-order valence-corrected chi connectivity index (χ4v) is 3.74. The Morgan fingerprint density at radius 3 is 2.04 bits per heavy atom. The van der Waals surface area contributed by atoms with Gasteiger partial charge in [0.25, 0.3) is 11.8 Å². The number of para-hydroxylation sites is 1. The first-order valence-electron chi connectivity index (χ1n) is 9.35. The molecule has 5 nitrogen and oxygen atoms in total. The van der Waals surface area contributed by atoms with Crippen molar-refractivity contribution in [1.29, 1.82) is 0 Å². The molecule has 140 valence electrons. The van der Waals surface area contributed by atoms with Crippen molar-refractivity contribution in [3.63, 3.8) is 0 Å². The van der Waals surface area contributed by atoms with Gasteiger partial charge in [-0.3, -0.25) is 19.3 Å². The quantitative estimate of drug-likeness (QED) is 0.639. The van der Waals surface area contributed by atoms with Crippen LogP contribution in [0, 0.1) is 0 Å². The van der Waals surface area contributed by atoms with Gasteiger partial charge in [-0.15, -0.1) is 0 Å². The van der Waals surface area contributed by atoms with E-state index in [-0.39, 0.29) is 30.7 Å². The Labute approximate surface area is 163 Å². The molecule has 0 aliphatic carbocycles. The molecule has 0 atom stereocenters. The van der Waals surface area contributed by atoms with Crippen molar-refractivity contribution in [3.05, 3.63) is 77.9 Å². The third-order valence-electron chi connectivity index (χ3n) is 5.09. The number of carbonyl (C=O) groups is 3. The van der Waals surface area contributed by atoms with Gasteiger partial charge in [0.15, 0.2) is 0 Å². The molecule has 0 bridgehead atoms. The maximum Gasteiger partial charge on any atom is 0.261 e. The lowest BCUT2D eigenvalue weighted by Gasteiger charge is -2.28. The molecule has 0 N–H and O–H groups in total. The van der Waals surface area contributed by atoms with Crippen LogP contribution in [-0.4, -0.2) is 35.7 Å². The Balaban J connectivity index is 1.57. The smallest absolute Gasteiger partial charge is 0.261 e. The summed E-state index contributed by atoms with van der Waals surface area (Å²) in [5.74, 6) is -0.805. The van der Waals surface area contributed by atoms with E-state index in [9.17, 15) is 14.4 Å². The van der Waals surface area contributed by atoms with Crippen molar-refractivity contribution in [1.82, 2.24) is 4.90 Å². The lowest BCUT2D eigenvalue weighted by atomic mass is 9.94. The average molecular weight is 372 g/mol. The van der Waals surface area contributed by atoms with Gasteiger partial charge < -0.3 is 4.90 Å². The maximum atomic E-state index is 12.9. The van der Waals surface area contributed by atoms with Crippen LogP contribution in [0.3, 0.4) is 0 Å². The second-order valence-corrected chi connectivity index (χ2v) is 6.69. The van der Waals surface area contributed by atoms with E-state index in [1.54, 1.807) is 17.0 Å². The SMILES string of the molecule is CCN(C(=O)CCN1C(=O)c2cccc3cccc(c23)C1=O)c1ccccc1. The van der Waals surface area contributed by atoms with E-state index in [0.29, 0.717) is 23.1 Å². The van der Waals surface area contributed by atoms with Crippen LogP contribution >= 0.6 is 0 Å². The molecule has 1 aliphatic heterocycles.